The third kappa shape index (κ3) is 3.26. The number of fused-ring (bicyclic) bond motifs is 1. The van der Waals surface area contributed by atoms with Crippen molar-refractivity contribution in [2.75, 3.05) is 20.8 Å². The molecule has 0 spiro atoms. The van der Waals surface area contributed by atoms with Crippen LogP contribution < -0.4 is 9.47 Å². The minimum atomic E-state index is -0.481. The van der Waals surface area contributed by atoms with Crippen molar-refractivity contribution in [2.24, 2.45) is 0 Å². The third-order valence-electron chi connectivity index (χ3n) is 4.33. The normalized spacial score (nSPS) is 13.1. The predicted molar refractivity (Wildman–Crippen MR) is 91.1 cm³/mol. The van der Waals surface area contributed by atoms with Crippen LogP contribution in [0.3, 0.4) is 0 Å². The molecule has 1 aliphatic rings. The molecule has 0 bridgehead atoms. The number of hydrogen-bond donors (Lipinski definition) is 0. The summed E-state index contributed by atoms with van der Waals surface area (Å²) in [7, 11) is 3.17. The number of carbonyl (C=O) groups is 1. The SMILES string of the molecule is COc1cc2c(cc1OC)CN(C(=O)c1ccc([N+](=O)[O-])cc1)CC2. The molecule has 0 unspecified atom stereocenters. The first-order valence-electron chi connectivity index (χ1n) is 7.81. The second-order valence-electron chi connectivity index (χ2n) is 5.76. The van der Waals surface area contributed by atoms with Crippen molar-refractivity contribution in [3.63, 3.8) is 0 Å². The highest BCUT2D eigenvalue weighted by molar-refractivity contribution is 5.94. The van der Waals surface area contributed by atoms with Crippen LogP contribution in [-0.2, 0) is 13.0 Å². The smallest absolute Gasteiger partial charge is 0.269 e. The monoisotopic (exact) mass is 342 g/mol. The van der Waals surface area contributed by atoms with Crippen molar-refractivity contribution in [1.82, 2.24) is 4.90 Å². The van der Waals surface area contributed by atoms with Crippen LogP contribution >= 0.6 is 0 Å². The molecule has 0 aromatic heterocycles. The lowest BCUT2D eigenvalue weighted by Crippen LogP contribution is -2.36. The lowest BCUT2D eigenvalue weighted by atomic mass is 9.98. The van der Waals surface area contributed by atoms with Gasteiger partial charge in [-0.2, -0.15) is 0 Å². The van der Waals surface area contributed by atoms with Crippen molar-refractivity contribution in [2.45, 2.75) is 13.0 Å². The molecule has 25 heavy (non-hydrogen) atoms. The van der Waals surface area contributed by atoms with Crippen molar-refractivity contribution >= 4 is 11.6 Å². The molecule has 0 aliphatic carbocycles. The Kier molecular flexibility index (Phi) is 4.56. The van der Waals surface area contributed by atoms with E-state index in [0.717, 1.165) is 11.1 Å². The summed E-state index contributed by atoms with van der Waals surface area (Å²) in [5.74, 6) is 1.16. The Balaban J connectivity index is 1.82. The molecule has 1 aliphatic heterocycles. The van der Waals surface area contributed by atoms with Gasteiger partial charge in [0.15, 0.2) is 11.5 Å². The summed E-state index contributed by atoms with van der Waals surface area (Å²) in [5.41, 5.74) is 2.55. The lowest BCUT2D eigenvalue weighted by Gasteiger charge is -2.29. The molecule has 0 saturated heterocycles. The quantitative estimate of drug-likeness (QED) is 0.630. The number of methoxy groups -OCH3 is 2. The van der Waals surface area contributed by atoms with E-state index in [1.54, 1.807) is 19.1 Å². The van der Waals surface area contributed by atoms with Gasteiger partial charge in [0.05, 0.1) is 19.1 Å². The Morgan fingerprint density at radius 3 is 2.24 bits per heavy atom. The van der Waals surface area contributed by atoms with Gasteiger partial charge in [-0.25, -0.2) is 0 Å². The summed E-state index contributed by atoms with van der Waals surface area (Å²) in [5, 5.41) is 10.7. The standard InChI is InChI=1S/C18H18N2O5/c1-24-16-9-13-7-8-19(11-14(13)10-17(16)25-2)18(21)12-3-5-15(6-4-12)20(22)23/h3-6,9-10H,7-8,11H2,1-2H3. The van der Waals surface area contributed by atoms with Gasteiger partial charge in [-0.3, -0.25) is 14.9 Å². The van der Waals surface area contributed by atoms with Crippen LogP contribution in [-0.4, -0.2) is 36.5 Å². The van der Waals surface area contributed by atoms with E-state index in [0.29, 0.717) is 36.6 Å². The van der Waals surface area contributed by atoms with Gasteiger partial charge < -0.3 is 14.4 Å². The van der Waals surface area contributed by atoms with E-state index in [9.17, 15) is 14.9 Å². The molecule has 2 aromatic rings. The Morgan fingerprint density at radius 1 is 1.08 bits per heavy atom. The van der Waals surface area contributed by atoms with Crippen molar-refractivity contribution in [1.29, 1.82) is 0 Å². The van der Waals surface area contributed by atoms with E-state index in [-0.39, 0.29) is 11.6 Å². The third-order valence-corrected chi connectivity index (χ3v) is 4.33. The summed E-state index contributed by atoms with van der Waals surface area (Å²) in [6.45, 7) is 1.05. The molecule has 3 rings (SSSR count). The number of nitrogens with zero attached hydrogens (tertiary/aromatic N) is 2. The Hall–Kier alpha value is -3.09. The second kappa shape index (κ2) is 6.80. The topological polar surface area (TPSA) is 81.9 Å². The van der Waals surface area contributed by atoms with Gasteiger partial charge in [-0.15, -0.1) is 0 Å². The van der Waals surface area contributed by atoms with Crippen LogP contribution in [0.25, 0.3) is 0 Å². The average Bonchev–Trinajstić information content (AvgIpc) is 2.65. The molecule has 7 nitrogen and oxygen atoms in total. The predicted octanol–water partition coefficient (Wildman–Crippen LogP) is 2.81. The van der Waals surface area contributed by atoms with Gasteiger partial charge in [0.25, 0.3) is 11.6 Å². The highest BCUT2D eigenvalue weighted by Gasteiger charge is 2.24. The molecule has 0 saturated carbocycles. The van der Waals surface area contributed by atoms with Crippen molar-refractivity contribution < 1.29 is 19.2 Å². The van der Waals surface area contributed by atoms with Gasteiger partial charge in [-0.1, -0.05) is 0 Å². The van der Waals surface area contributed by atoms with Crippen LogP contribution in [0.15, 0.2) is 36.4 Å². The summed E-state index contributed by atoms with van der Waals surface area (Å²) < 4.78 is 10.6. The first kappa shape index (κ1) is 16.8. The van der Waals surface area contributed by atoms with E-state index in [4.69, 9.17) is 9.47 Å². The maximum Gasteiger partial charge on any atom is 0.269 e. The average molecular weight is 342 g/mol. The fourth-order valence-corrected chi connectivity index (χ4v) is 2.96. The number of carbonyl (C=O) groups excluding carboxylic acids is 1. The second-order valence-corrected chi connectivity index (χ2v) is 5.76. The molecule has 0 N–H and O–H groups in total. The molecule has 1 amide bonds. The van der Waals surface area contributed by atoms with Gasteiger partial charge in [-0.05, 0) is 41.8 Å². The molecule has 0 atom stereocenters. The minimum absolute atomic E-state index is 0.0302. The number of nitro benzene ring substituents is 1. The summed E-state index contributed by atoms with van der Waals surface area (Å²) >= 11 is 0. The zero-order valence-corrected chi connectivity index (χ0v) is 14.0. The number of ether oxygens (including phenoxy) is 2. The fourth-order valence-electron chi connectivity index (χ4n) is 2.96. The molecule has 1 heterocycles. The highest BCUT2D eigenvalue weighted by Crippen LogP contribution is 2.33. The zero-order chi connectivity index (χ0) is 18.0. The number of nitro groups is 1. The van der Waals surface area contributed by atoms with Gasteiger partial charge in [0.2, 0.25) is 0 Å². The first-order valence-corrected chi connectivity index (χ1v) is 7.81. The Morgan fingerprint density at radius 2 is 1.68 bits per heavy atom. The van der Waals surface area contributed by atoms with E-state index >= 15 is 0 Å². The number of benzene rings is 2. The number of hydrogen-bond acceptors (Lipinski definition) is 5. The molecular weight excluding hydrogens is 324 g/mol. The van der Waals surface area contributed by atoms with Gasteiger partial charge >= 0.3 is 0 Å². The van der Waals surface area contributed by atoms with Crippen LogP contribution in [0.5, 0.6) is 11.5 Å². The van der Waals surface area contributed by atoms with Crippen molar-refractivity contribution in [3.8, 4) is 11.5 Å². The van der Waals surface area contributed by atoms with Gasteiger partial charge in [0, 0.05) is 30.8 Å². The molecule has 0 radical (unpaired) electrons. The van der Waals surface area contributed by atoms with E-state index < -0.39 is 4.92 Å². The van der Waals surface area contributed by atoms with Crippen LogP contribution in [0.2, 0.25) is 0 Å². The first-order chi connectivity index (χ1) is 12.0. The minimum Gasteiger partial charge on any atom is -0.493 e. The molecule has 2 aromatic carbocycles. The summed E-state index contributed by atoms with van der Waals surface area (Å²) in [4.78, 5) is 24.6. The van der Waals surface area contributed by atoms with Crippen LogP contribution in [0, 0.1) is 10.1 Å². The highest BCUT2D eigenvalue weighted by atomic mass is 16.6. The number of amides is 1. The Bertz CT molecular complexity index is 817. The molecular formula is C18H18N2O5. The van der Waals surface area contributed by atoms with E-state index in [1.165, 1.54) is 24.3 Å². The van der Waals surface area contributed by atoms with Gasteiger partial charge in [0.1, 0.15) is 0 Å². The van der Waals surface area contributed by atoms with E-state index in [1.807, 2.05) is 12.1 Å². The van der Waals surface area contributed by atoms with Crippen LogP contribution in [0.1, 0.15) is 21.5 Å². The van der Waals surface area contributed by atoms with Crippen LogP contribution in [0.4, 0.5) is 5.69 Å². The zero-order valence-electron chi connectivity index (χ0n) is 14.0. The summed E-state index contributed by atoms with van der Waals surface area (Å²) in [6, 6.07) is 9.51. The maximum atomic E-state index is 12.7. The molecule has 7 heteroatoms. The number of non-ortho nitro benzene ring substituents is 1. The fraction of sp³-hybridized carbons (Fsp3) is 0.278. The number of rotatable bonds is 4. The maximum absolute atomic E-state index is 12.7. The molecule has 0 fully saturated rings. The Labute approximate surface area is 144 Å². The van der Waals surface area contributed by atoms with E-state index in [2.05, 4.69) is 0 Å². The van der Waals surface area contributed by atoms with Crippen molar-refractivity contribution in [3.05, 3.63) is 63.2 Å². The lowest BCUT2D eigenvalue weighted by molar-refractivity contribution is -0.384. The largest absolute Gasteiger partial charge is 0.493 e. The molecule has 130 valence electrons. The summed E-state index contributed by atoms with van der Waals surface area (Å²) in [6.07, 6.45) is 0.717.